The van der Waals surface area contributed by atoms with Crippen LogP contribution in [0.25, 0.3) is 0 Å². The monoisotopic (exact) mass is 585 g/mol. The van der Waals surface area contributed by atoms with Crippen LogP contribution in [0.1, 0.15) is 110 Å². The van der Waals surface area contributed by atoms with Crippen molar-refractivity contribution in [2.24, 2.45) is 0 Å². The van der Waals surface area contributed by atoms with Crippen molar-refractivity contribution in [3.8, 4) is 0 Å². The molecular formula is C27H59AsO6P. The Kier molecular flexibility index (Phi) is 24.1. The zero-order valence-electron chi connectivity index (χ0n) is 23.8. The number of phosphoric ester groups is 1. The van der Waals surface area contributed by atoms with Gasteiger partial charge in [0.2, 0.25) is 0 Å². The molecule has 0 rings (SSSR count). The summed E-state index contributed by atoms with van der Waals surface area (Å²) in [5, 5.41) is 0.849. The number of hydrogen-bond donors (Lipinski definition) is 1. The predicted molar refractivity (Wildman–Crippen MR) is 151 cm³/mol. The Balaban J connectivity index is 3.49. The summed E-state index contributed by atoms with van der Waals surface area (Å²) in [5.74, 6) is 0. The van der Waals surface area contributed by atoms with Gasteiger partial charge in [0.1, 0.15) is 0 Å². The third-order valence-corrected chi connectivity index (χ3v) is 10.4. The van der Waals surface area contributed by atoms with Crippen molar-refractivity contribution in [1.29, 1.82) is 0 Å². The number of phosphoric acid groups is 1. The van der Waals surface area contributed by atoms with Crippen molar-refractivity contribution >= 4 is 21.4 Å². The van der Waals surface area contributed by atoms with Gasteiger partial charge in [-0.2, -0.15) is 0 Å². The first-order valence-corrected chi connectivity index (χ1v) is 22.7. The molecule has 0 aromatic rings. The SMILES string of the molecule is CCCCCCCCCCCCCCCCCCOCC(COP(=O)(O)OCC[As](C)(C)C)OC. The second kappa shape index (κ2) is 23.7. The average molecular weight is 586 g/mol. The molecule has 0 aliphatic rings. The van der Waals surface area contributed by atoms with E-state index in [2.05, 4.69) is 24.1 Å². The van der Waals surface area contributed by atoms with E-state index in [1.807, 2.05) is 0 Å². The zero-order valence-corrected chi connectivity index (χ0v) is 26.6. The second-order valence-electron chi connectivity index (χ2n) is 10.8. The van der Waals surface area contributed by atoms with E-state index in [0.29, 0.717) is 13.2 Å². The molecule has 2 atom stereocenters. The van der Waals surface area contributed by atoms with Gasteiger partial charge >= 0.3 is 124 Å². The Morgan fingerprint density at radius 3 is 1.57 bits per heavy atom. The van der Waals surface area contributed by atoms with Crippen LogP contribution in [-0.4, -0.2) is 58.1 Å². The summed E-state index contributed by atoms with van der Waals surface area (Å²) in [4.78, 5) is 9.82. The first-order valence-electron chi connectivity index (χ1n) is 14.2. The minimum absolute atomic E-state index is 0.0150. The van der Waals surface area contributed by atoms with Gasteiger partial charge in [0.25, 0.3) is 0 Å². The third-order valence-electron chi connectivity index (χ3n) is 6.22. The van der Waals surface area contributed by atoms with Gasteiger partial charge in [-0.1, -0.05) is 96.8 Å². The minimum atomic E-state index is -4.03. The molecule has 213 valence electrons. The summed E-state index contributed by atoms with van der Waals surface area (Å²) in [6, 6.07) is 0. The molecule has 0 fully saturated rings. The Morgan fingerprint density at radius 2 is 1.14 bits per heavy atom. The zero-order chi connectivity index (χ0) is 26.3. The number of unbranched alkanes of at least 4 members (excludes halogenated alkanes) is 15. The predicted octanol–water partition coefficient (Wildman–Crippen LogP) is 8.75. The number of hydrogen-bond acceptors (Lipinski definition) is 5. The second-order valence-corrected chi connectivity index (χ2v) is 22.8. The van der Waals surface area contributed by atoms with Crippen LogP contribution in [0.5, 0.6) is 0 Å². The first kappa shape index (κ1) is 35.6. The molecule has 0 bridgehead atoms. The van der Waals surface area contributed by atoms with Gasteiger partial charge in [-0.15, -0.1) is 0 Å². The van der Waals surface area contributed by atoms with E-state index in [-0.39, 0.29) is 19.3 Å². The van der Waals surface area contributed by atoms with Crippen LogP contribution in [0.4, 0.5) is 0 Å². The van der Waals surface area contributed by atoms with Gasteiger partial charge in [0, 0.05) is 0 Å². The summed E-state index contributed by atoms with van der Waals surface area (Å²) in [7, 11) is -2.47. The van der Waals surface area contributed by atoms with Crippen molar-refractivity contribution < 1.29 is 28.0 Å². The van der Waals surface area contributed by atoms with Crippen molar-refractivity contribution in [2.75, 3.05) is 33.5 Å². The fourth-order valence-corrected chi connectivity index (χ4v) is 6.20. The fourth-order valence-electron chi connectivity index (χ4n) is 3.80. The normalized spacial score (nSPS) is 14.8. The third kappa shape index (κ3) is 27.4. The van der Waals surface area contributed by atoms with Gasteiger partial charge in [-0.25, -0.2) is 0 Å². The maximum absolute atomic E-state index is 12.0. The van der Waals surface area contributed by atoms with E-state index in [9.17, 15) is 9.46 Å². The molecule has 1 N–H and O–H groups in total. The molecule has 0 aliphatic carbocycles. The Bertz CT molecular complexity index is 501. The summed E-state index contributed by atoms with van der Waals surface area (Å²) in [6.45, 7) is 3.56. The molecule has 0 aromatic carbocycles. The van der Waals surface area contributed by atoms with Gasteiger partial charge in [0.15, 0.2) is 0 Å². The van der Waals surface area contributed by atoms with Crippen LogP contribution >= 0.6 is 7.82 Å². The number of rotatable bonds is 27. The Hall–Kier alpha value is 0.588. The van der Waals surface area contributed by atoms with E-state index >= 15 is 0 Å². The van der Waals surface area contributed by atoms with Crippen molar-refractivity contribution in [3.63, 3.8) is 0 Å². The fraction of sp³-hybridized carbons (Fsp3) is 1.00. The van der Waals surface area contributed by atoms with E-state index in [4.69, 9.17) is 18.5 Å². The molecule has 6 nitrogen and oxygen atoms in total. The summed E-state index contributed by atoms with van der Waals surface area (Å²) >= 11 is -1.64. The van der Waals surface area contributed by atoms with Gasteiger partial charge in [0.05, 0.1) is 0 Å². The Labute approximate surface area is 220 Å². The molecule has 0 saturated heterocycles. The van der Waals surface area contributed by atoms with E-state index in [1.54, 1.807) is 7.11 Å². The quantitative estimate of drug-likeness (QED) is 0.0590. The summed E-state index contributed by atoms with van der Waals surface area (Å²) in [6.07, 6.45) is 21.3. The maximum atomic E-state index is 12.0. The van der Waals surface area contributed by atoms with Crippen molar-refractivity contribution in [3.05, 3.63) is 0 Å². The van der Waals surface area contributed by atoms with Crippen LogP contribution in [0, 0.1) is 0 Å². The van der Waals surface area contributed by atoms with Crippen LogP contribution in [0.2, 0.25) is 22.3 Å². The van der Waals surface area contributed by atoms with Crippen molar-refractivity contribution in [1.82, 2.24) is 0 Å². The molecule has 35 heavy (non-hydrogen) atoms. The molecule has 2 unspecified atom stereocenters. The van der Waals surface area contributed by atoms with Crippen LogP contribution in [-0.2, 0) is 23.1 Å². The summed E-state index contributed by atoms with van der Waals surface area (Å²) < 4.78 is 33.2. The van der Waals surface area contributed by atoms with E-state index in [0.717, 1.165) is 11.6 Å². The van der Waals surface area contributed by atoms with Gasteiger partial charge in [-0.3, -0.25) is 0 Å². The molecule has 0 spiro atoms. The van der Waals surface area contributed by atoms with E-state index in [1.165, 1.54) is 96.3 Å². The Morgan fingerprint density at radius 1 is 0.686 bits per heavy atom. The molecule has 1 radical (unpaired) electrons. The molecule has 0 aliphatic heterocycles. The molecule has 0 amide bonds. The standard InChI is InChI=1S/C27H59AsO6P/c1-6-7-8-9-10-11-12-13-14-15-16-17-18-19-20-21-23-32-25-27(31-5)26-34-35(29,30)33-24-22-28(2,3)4/h27H,6-26H2,1-5H3,(H,29,30). The summed E-state index contributed by atoms with van der Waals surface area (Å²) in [5.41, 5.74) is 6.67. The van der Waals surface area contributed by atoms with E-state index < -0.39 is 21.4 Å². The van der Waals surface area contributed by atoms with Crippen LogP contribution < -0.4 is 0 Å². The molecule has 0 saturated carbocycles. The molecule has 0 aromatic heterocycles. The molecule has 8 heteroatoms. The average Bonchev–Trinajstić information content (AvgIpc) is 2.79. The van der Waals surface area contributed by atoms with Crippen LogP contribution in [0.15, 0.2) is 0 Å². The van der Waals surface area contributed by atoms with Gasteiger partial charge < -0.3 is 0 Å². The van der Waals surface area contributed by atoms with Crippen LogP contribution in [0.3, 0.4) is 0 Å². The van der Waals surface area contributed by atoms with Gasteiger partial charge in [-0.05, 0) is 0 Å². The topological polar surface area (TPSA) is 74.2 Å². The first-order chi connectivity index (χ1) is 16.7. The number of methoxy groups -OCH3 is 1. The molecule has 0 heterocycles. The molecular weight excluding hydrogens is 526 g/mol. The number of ether oxygens (including phenoxy) is 2. The van der Waals surface area contributed by atoms with Crippen molar-refractivity contribution in [2.45, 2.75) is 138 Å².